The maximum atomic E-state index is 12.3. The Bertz CT molecular complexity index is 491. The molecule has 0 aromatic carbocycles. The Balaban J connectivity index is 2.55. The van der Waals surface area contributed by atoms with Gasteiger partial charge in [0.2, 0.25) is 0 Å². The van der Waals surface area contributed by atoms with Crippen molar-refractivity contribution in [2.75, 3.05) is 11.5 Å². The molecule has 2 aliphatic rings. The summed E-state index contributed by atoms with van der Waals surface area (Å²) < 4.78 is 46.9. The lowest BCUT2D eigenvalue weighted by Crippen LogP contribution is -2.63. The molecular weight excluding hydrogens is 248 g/mol. The molecule has 0 amide bonds. The Morgan fingerprint density at radius 3 is 2.06 bits per heavy atom. The summed E-state index contributed by atoms with van der Waals surface area (Å²) >= 11 is 0. The third-order valence-electron chi connectivity index (χ3n) is 4.00. The fraction of sp³-hybridized carbons (Fsp3) is 1.00. The van der Waals surface area contributed by atoms with Crippen LogP contribution in [0.25, 0.3) is 0 Å². The van der Waals surface area contributed by atoms with Crippen molar-refractivity contribution in [1.82, 2.24) is 0 Å². The van der Waals surface area contributed by atoms with Crippen LogP contribution in [-0.2, 0) is 19.7 Å². The van der Waals surface area contributed by atoms with Crippen molar-refractivity contribution in [3.63, 3.8) is 0 Å². The molecule has 2 heterocycles. The zero-order chi connectivity index (χ0) is 12.2. The van der Waals surface area contributed by atoms with Crippen LogP contribution in [0.4, 0.5) is 0 Å². The Kier molecular flexibility index (Phi) is 2.66. The molecule has 4 nitrogen and oxygen atoms in total. The third-order valence-corrected chi connectivity index (χ3v) is 10.8. The van der Waals surface area contributed by atoms with Crippen LogP contribution in [0.2, 0.25) is 0 Å². The smallest absolute Gasteiger partial charge is 0.176 e. The van der Waals surface area contributed by atoms with Gasteiger partial charge in [0.15, 0.2) is 23.8 Å². The highest BCUT2D eigenvalue weighted by Gasteiger charge is 2.66. The highest BCUT2D eigenvalue weighted by atomic mass is 32.3. The van der Waals surface area contributed by atoms with Crippen molar-refractivity contribution in [1.29, 1.82) is 0 Å². The van der Waals surface area contributed by atoms with Crippen molar-refractivity contribution in [2.45, 2.75) is 37.2 Å². The van der Waals surface area contributed by atoms with Gasteiger partial charge in [-0.05, 0) is 18.8 Å². The molecule has 0 saturated carbocycles. The first kappa shape index (κ1) is 12.4. The summed E-state index contributed by atoms with van der Waals surface area (Å²) in [5, 5.41) is 0. The van der Waals surface area contributed by atoms with E-state index >= 15 is 0 Å². The van der Waals surface area contributed by atoms with Crippen LogP contribution in [0.1, 0.15) is 33.1 Å². The summed E-state index contributed by atoms with van der Waals surface area (Å²) in [5.41, 5.74) is 0. The molecule has 0 aliphatic carbocycles. The minimum absolute atomic E-state index is 0.0244. The van der Waals surface area contributed by atoms with Gasteiger partial charge in [0.05, 0.1) is 11.5 Å². The highest BCUT2D eigenvalue weighted by molar-refractivity contribution is 8.11. The minimum Gasteiger partial charge on any atom is -0.227 e. The van der Waals surface area contributed by atoms with Gasteiger partial charge in [-0.3, -0.25) is 0 Å². The van der Waals surface area contributed by atoms with E-state index in [9.17, 15) is 16.8 Å². The largest absolute Gasteiger partial charge is 0.227 e. The lowest BCUT2D eigenvalue weighted by atomic mass is 9.99. The second-order valence-corrected chi connectivity index (χ2v) is 10.1. The standard InChI is InChI=1S/C10H18O4S2/c1-8-4-3-5-10(15(11,12)6-8)9(2)7-16(10,13)14/h8-9H,3-7H2,1-2H3. The van der Waals surface area contributed by atoms with Gasteiger partial charge in [0, 0.05) is 5.92 Å². The summed E-state index contributed by atoms with van der Waals surface area (Å²) in [7, 11) is -6.95. The van der Waals surface area contributed by atoms with Crippen molar-refractivity contribution in [3.05, 3.63) is 0 Å². The van der Waals surface area contributed by atoms with Gasteiger partial charge in [0.1, 0.15) is 0 Å². The maximum absolute atomic E-state index is 12.3. The lowest BCUT2D eigenvalue weighted by Gasteiger charge is -2.45. The molecule has 16 heavy (non-hydrogen) atoms. The zero-order valence-electron chi connectivity index (χ0n) is 9.64. The van der Waals surface area contributed by atoms with E-state index in [2.05, 4.69) is 0 Å². The second-order valence-electron chi connectivity index (χ2n) is 5.27. The van der Waals surface area contributed by atoms with Crippen LogP contribution in [0.5, 0.6) is 0 Å². The average Bonchev–Trinajstić information content (AvgIpc) is 2.20. The minimum atomic E-state index is -3.52. The number of sulfone groups is 2. The predicted molar refractivity (Wildman–Crippen MR) is 62.5 cm³/mol. The van der Waals surface area contributed by atoms with Gasteiger partial charge in [0.25, 0.3) is 0 Å². The molecule has 0 bridgehead atoms. The highest BCUT2D eigenvalue weighted by Crippen LogP contribution is 2.50. The van der Waals surface area contributed by atoms with E-state index in [1.54, 1.807) is 6.92 Å². The molecule has 2 saturated heterocycles. The summed E-state index contributed by atoms with van der Waals surface area (Å²) in [4.78, 5) is 0. The fourth-order valence-corrected chi connectivity index (χ4v) is 9.65. The topological polar surface area (TPSA) is 68.3 Å². The first-order valence-electron chi connectivity index (χ1n) is 5.67. The molecule has 0 aromatic rings. The quantitative estimate of drug-likeness (QED) is 0.655. The van der Waals surface area contributed by atoms with E-state index in [1.165, 1.54) is 0 Å². The Morgan fingerprint density at radius 1 is 1.00 bits per heavy atom. The Hall–Kier alpha value is -0.100. The van der Waals surface area contributed by atoms with Gasteiger partial charge in [-0.2, -0.15) is 0 Å². The Morgan fingerprint density at radius 2 is 1.56 bits per heavy atom. The van der Waals surface area contributed by atoms with Gasteiger partial charge < -0.3 is 0 Å². The second kappa shape index (κ2) is 3.45. The molecule has 1 spiro atoms. The maximum Gasteiger partial charge on any atom is 0.176 e. The van der Waals surface area contributed by atoms with Crippen LogP contribution >= 0.6 is 0 Å². The molecule has 3 atom stereocenters. The molecule has 94 valence electrons. The third kappa shape index (κ3) is 1.38. The van der Waals surface area contributed by atoms with Gasteiger partial charge in [-0.15, -0.1) is 0 Å². The van der Waals surface area contributed by atoms with Crippen LogP contribution in [0.15, 0.2) is 0 Å². The molecule has 2 aliphatic heterocycles. The summed E-state index contributed by atoms with van der Waals surface area (Å²) in [5.74, 6) is -0.114. The monoisotopic (exact) mass is 266 g/mol. The van der Waals surface area contributed by atoms with E-state index in [1.807, 2.05) is 6.92 Å². The van der Waals surface area contributed by atoms with Crippen molar-refractivity contribution < 1.29 is 16.8 Å². The van der Waals surface area contributed by atoms with E-state index in [-0.39, 0.29) is 23.3 Å². The molecule has 3 unspecified atom stereocenters. The molecule has 6 heteroatoms. The van der Waals surface area contributed by atoms with E-state index in [4.69, 9.17) is 0 Å². The number of rotatable bonds is 0. The Labute approximate surface area is 97.3 Å². The van der Waals surface area contributed by atoms with Crippen LogP contribution in [0.3, 0.4) is 0 Å². The van der Waals surface area contributed by atoms with Crippen LogP contribution in [0, 0.1) is 11.8 Å². The first-order chi connectivity index (χ1) is 7.23. The summed E-state index contributed by atoms with van der Waals surface area (Å²) in [6.07, 6.45) is 1.80. The van der Waals surface area contributed by atoms with E-state index in [0.717, 1.165) is 6.42 Å². The average molecular weight is 266 g/mol. The van der Waals surface area contributed by atoms with Crippen molar-refractivity contribution in [3.8, 4) is 0 Å². The SMILES string of the molecule is CC1CCCC2(C(C)CS2(=O)=O)S(=O)(=O)C1. The fourth-order valence-electron chi connectivity index (χ4n) is 3.16. The lowest BCUT2D eigenvalue weighted by molar-refractivity contribution is 0.401. The van der Waals surface area contributed by atoms with Gasteiger partial charge in [-0.1, -0.05) is 20.3 Å². The van der Waals surface area contributed by atoms with Gasteiger partial charge in [-0.25, -0.2) is 16.8 Å². The van der Waals surface area contributed by atoms with Crippen molar-refractivity contribution >= 4 is 19.7 Å². The predicted octanol–water partition coefficient (Wildman–Crippen LogP) is 0.982. The molecule has 2 fully saturated rings. The van der Waals surface area contributed by atoms with E-state index in [0.29, 0.717) is 12.8 Å². The number of hydrogen-bond donors (Lipinski definition) is 0. The molecular formula is C10H18O4S2. The first-order valence-corrected chi connectivity index (χ1v) is 8.98. The van der Waals surface area contributed by atoms with E-state index < -0.39 is 23.8 Å². The van der Waals surface area contributed by atoms with Crippen LogP contribution < -0.4 is 0 Å². The van der Waals surface area contributed by atoms with Crippen LogP contribution in [-0.4, -0.2) is 32.4 Å². The summed E-state index contributed by atoms with van der Waals surface area (Å²) in [6.45, 7) is 3.63. The normalized spacial score (nSPS) is 45.9. The molecule has 0 radical (unpaired) electrons. The molecule has 2 rings (SSSR count). The summed E-state index contributed by atoms with van der Waals surface area (Å²) in [6, 6.07) is 0. The molecule has 0 N–H and O–H groups in total. The molecule has 0 aromatic heterocycles. The zero-order valence-corrected chi connectivity index (χ0v) is 11.3. The van der Waals surface area contributed by atoms with Gasteiger partial charge >= 0.3 is 0 Å². The number of hydrogen-bond acceptors (Lipinski definition) is 4. The van der Waals surface area contributed by atoms with Crippen molar-refractivity contribution in [2.24, 2.45) is 11.8 Å².